The van der Waals surface area contributed by atoms with E-state index in [1.807, 2.05) is 18.2 Å². The number of fused-ring (bicyclic) bond motifs is 1. The minimum Gasteiger partial charge on any atom is -0.474 e. The van der Waals surface area contributed by atoms with Crippen molar-refractivity contribution in [2.75, 3.05) is 6.61 Å². The first-order chi connectivity index (χ1) is 15.5. The Morgan fingerprint density at radius 1 is 1.06 bits per heavy atom. The van der Waals surface area contributed by atoms with E-state index in [9.17, 15) is 9.59 Å². The standard InChI is InChI=1S/C25H18Cl2O5/c1-2-30-25(29)24(15-6-4-3-5-7-15)31-18-10-11-19-21(14-18)32-22(23(19)28)12-16-8-9-17(26)13-20(16)27/h3-14,24H,2H2,1H3/t24-/m0/s1. The van der Waals surface area contributed by atoms with E-state index in [0.29, 0.717) is 38.2 Å². The lowest BCUT2D eigenvalue weighted by molar-refractivity contribution is -0.151. The SMILES string of the molecule is CCOC(=O)[C@@H](Oc1ccc2c(c1)OC(=Cc1ccc(Cl)cc1Cl)C2=O)c1ccccc1. The summed E-state index contributed by atoms with van der Waals surface area (Å²) >= 11 is 12.1. The first-order valence-corrected chi connectivity index (χ1v) is 10.6. The highest BCUT2D eigenvalue weighted by Crippen LogP contribution is 2.37. The van der Waals surface area contributed by atoms with Gasteiger partial charge in [0.15, 0.2) is 5.76 Å². The lowest BCUT2D eigenvalue weighted by Crippen LogP contribution is -2.21. The quantitative estimate of drug-likeness (QED) is 0.314. The molecule has 0 radical (unpaired) electrons. The Morgan fingerprint density at radius 2 is 1.84 bits per heavy atom. The second-order valence-electron chi connectivity index (χ2n) is 6.92. The third-order valence-electron chi connectivity index (χ3n) is 4.75. The maximum absolute atomic E-state index is 12.8. The molecule has 4 rings (SSSR count). The third-order valence-corrected chi connectivity index (χ3v) is 5.31. The number of Topliss-reactive ketones (excluding diaryl/α,β-unsaturated/α-hetero) is 1. The zero-order valence-electron chi connectivity index (χ0n) is 17.0. The van der Waals surface area contributed by atoms with Crippen LogP contribution in [0.1, 0.15) is 34.5 Å². The second kappa shape index (κ2) is 9.47. The average molecular weight is 469 g/mol. The molecule has 1 heterocycles. The molecule has 162 valence electrons. The van der Waals surface area contributed by atoms with Gasteiger partial charge in [0.05, 0.1) is 12.2 Å². The number of esters is 1. The van der Waals surface area contributed by atoms with Crippen LogP contribution in [0.3, 0.4) is 0 Å². The van der Waals surface area contributed by atoms with E-state index in [2.05, 4.69) is 0 Å². The maximum atomic E-state index is 12.8. The van der Waals surface area contributed by atoms with Crippen molar-refractivity contribution in [1.29, 1.82) is 0 Å². The zero-order chi connectivity index (χ0) is 22.7. The van der Waals surface area contributed by atoms with Crippen LogP contribution < -0.4 is 9.47 Å². The fourth-order valence-electron chi connectivity index (χ4n) is 3.23. The molecule has 0 amide bonds. The third kappa shape index (κ3) is 4.64. The highest BCUT2D eigenvalue weighted by Gasteiger charge is 2.29. The van der Waals surface area contributed by atoms with Crippen molar-refractivity contribution < 1.29 is 23.8 Å². The van der Waals surface area contributed by atoms with Crippen LogP contribution in [-0.2, 0) is 9.53 Å². The molecule has 0 N–H and O–H groups in total. The monoisotopic (exact) mass is 468 g/mol. The molecule has 0 fully saturated rings. The Kier molecular flexibility index (Phi) is 6.49. The van der Waals surface area contributed by atoms with E-state index < -0.39 is 12.1 Å². The predicted octanol–water partition coefficient (Wildman–Crippen LogP) is 6.29. The molecular formula is C25H18Cl2O5. The molecule has 0 bridgehead atoms. The van der Waals surface area contributed by atoms with Gasteiger partial charge in [-0.2, -0.15) is 0 Å². The van der Waals surface area contributed by atoms with Gasteiger partial charge in [-0.25, -0.2) is 4.79 Å². The Bertz CT molecular complexity index is 1200. The highest BCUT2D eigenvalue weighted by molar-refractivity contribution is 6.35. The lowest BCUT2D eigenvalue weighted by Gasteiger charge is -2.18. The van der Waals surface area contributed by atoms with E-state index in [-0.39, 0.29) is 18.1 Å². The molecule has 3 aromatic carbocycles. The van der Waals surface area contributed by atoms with Crippen LogP contribution in [-0.4, -0.2) is 18.4 Å². The summed E-state index contributed by atoms with van der Waals surface area (Å²) in [5.41, 5.74) is 1.65. The smallest absolute Gasteiger partial charge is 0.352 e. The summed E-state index contributed by atoms with van der Waals surface area (Å²) in [6, 6.07) is 18.8. The van der Waals surface area contributed by atoms with Crippen LogP contribution in [0.4, 0.5) is 0 Å². The molecule has 3 aromatic rings. The van der Waals surface area contributed by atoms with Gasteiger partial charge < -0.3 is 14.2 Å². The zero-order valence-corrected chi connectivity index (χ0v) is 18.5. The molecule has 0 saturated carbocycles. The topological polar surface area (TPSA) is 61.8 Å². The summed E-state index contributed by atoms with van der Waals surface area (Å²) in [7, 11) is 0. The molecule has 0 spiro atoms. The number of rotatable bonds is 6. The average Bonchev–Trinajstić information content (AvgIpc) is 3.09. The van der Waals surface area contributed by atoms with Crippen molar-refractivity contribution in [3.05, 3.63) is 99.2 Å². The largest absolute Gasteiger partial charge is 0.474 e. The van der Waals surface area contributed by atoms with Crippen LogP contribution >= 0.6 is 23.2 Å². The van der Waals surface area contributed by atoms with Gasteiger partial charge in [0.1, 0.15) is 11.5 Å². The molecule has 0 aromatic heterocycles. The molecule has 0 unspecified atom stereocenters. The first-order valence-electron chi connectivity index (χ1n) is 9.88. The number of ketones is 1. The maximum Gasteiger partial charge on any atom is 0.352 e. The molecule has 7 heteroatoms. The summed E-state index contributed by atoms with van der Waals surface area (Å²) in [5.74, 6) is 0.0480. The first kappa shape index (κ1) is 21.9. The lowest BCUT2D eigenvalue weighted by atomic mass is 10.1. The Hall–Kier alpha value is -3.28. The van der Waals surface area contributed by atoms with Crippen molar-refractivity contribution >= 4 is 41.0 Å². The van der Waals surface area contributed by atoms with Crippen molar-refractivity contribution in [2.45, 2.75) is 13.0 Å². The fourth-order valence-corrected chi connectivity index (χ4v) is 3.70. The molecule has 5 nitrogen and oxygen atoms in total. The number of halogens is 2. The predicted molar refractivity (Wildman–Crippen MR) is 122 cm³/mol. The Balaban J connectivity index is 1.60. The summed E-state index contributed by atoms with van der Waals surface area (Å²) in [4.78, 5) is 25.2. The summed E-state index contributed by atoms with van der Waals surface area (Å²) in [6.07, 6.45) is 0.613. The summed E-state index contributed by atoms with van der Waals surface area (Å²) < 4.78 is 16.9. The minimum absolute atomic E-state index is 0.131. The highest BCUT2D eigenvalue weighted by atomic mass is 35.5. The molecule has 1 aliphatic heterocycles. The van der Waals surface area contributed by atoms with Gasteiger partial charge >= 0.3 is 5.97 Å². The van der Waals surface area contributed by atoms with E-state index in [0.717, 1.165) is 0 Å². The number of hydrogen-bond donors (Lipinski definition) is 0. The number of benzene rings is 3. The van der Waals surface area contributed by atoms with Crippen LogP contribution in [0.2, 0.25) is 10.0 Å². The van der Waals surface area contributed by atoms with E-state index in [4.69, 9.17) is 37.4 Å². The van der Waals surface area contributed by atoms with Crippen LogP contribution in [0.15, 0.2) is 72.5 Å². The second-order valence-corrected chi connectivity index (χ2v) is 7.77. The van der Waals surface area contributed by atoms with Gasteiger partial charge in [-0.3, -0.25) is 4.79 Å². The number of allylic oxidation sites excluding steroid dienone is 1. The van der Waals surface area contributed by atoms with Crippen molar-refractivity contribution in [2.24, 2.45) is 0 Å². The van der Waals surface area contributed by atoms with Crippen LogP contribution in [0, 0.1) is 0 Å². The van der Waals surface area contributed by atoms with Gasteiger partial charge in [-0.05, 0) is 42.8 Å². The van der Waals surface area contributed by atoms with Gasteiger partial charge in [0.2, 0.25) is 11.9 Å². The number of hydrogen-bond acceptors (Lipinski definition) is 5. The number of carbonyl (C=O) groups excluding carboxylic acids is 2. The van der Waals surface area contributed by atoms with Gasteiger partial charge in [0, 0.05) is 21.7 Å². The molecule has 32 heavy (non-hydrogen) atoms. The normalized spacial score (nSPS) is 14.6. The van der Waals surface area contributed by atoms with Gasteiger partial charge in [0.25, 0.3) is 0 Å². The molecule has 0 aliphatic carbocycles. The molecular weight excluding hydrogens is 451 g/mol. The Morgan fingerprint density at radius 3 is 2.56 bits per heavy atom. The van der Waals surface area contributed by atoms with E-state index >= 15 is 0 Å². The summed E-state index contributed by atoms with van der Waals surface area (Å²) in [5, 5.41) is 0.900. The minimum atomic E-state index is -0.950. The Labute approximate surface area is 195 Å². The molecule has 0 saturated heterocycles. The van der Waals surface area contributed by atoms with Crippen molar-refractivity contribution in [1.82, 2.24) is 0 Å². The van der Waals surface area contributed by atoms with Gasteiger partial charge in [-0.1, -0.05) is 59.6 Å². The van der Waals surface area contributed by atoms with Gasteiger partial charge in [-0.15, -0.1) is 0 Å². The molecule has 1 atom stereocenters. The van der Waals surface area contributed by atoms with E-state index in [1.165, 1.54) is 0 Å². The molecule has 1 aliphatic rings. The van der Waals surface area contributed by atoms with Crippen molar-refractivity contribution in [3.63, 3.8) is 0 Å². The number of ether oxygens (including phenoxy) is 3. The number of carbonyl (C=O) groups is 2. The van der Waals surface area contributed by atoms with E-state index in [1.54, 1.807) is 61.5 Å². The van der Waals surface area contributed by atoms with Crippen LogP contribution in [0.25, 0.3) is 6.08 Å². The van der Waals surface area contributed by atoms with Crippen LogP contribution in [0.5, 0.6) is 11.5 Å². The summed E-state index contributed by atoms with van der Waals surface area (Å²) in [6.45, 7) is 1.96. The fraction of sp³-hybridized carbons (Fsp3) is 0.120. The van der Waals surface area contributed by atoms with Crippen molar-refractivity contribution in [3.8, 4) is 11.5 Å².